The molecule has 5 rings (SSSR count). The third-order valence-electron chi connectivity index (χ3n) is 11.8. The Kier molecular flexibility index (Phi) is 8.47. The predicted octanol–water partition coefficient (Wildman–Crippen LogP) is 2.87. The van der Waals surface area contributed by atoms with Gasteiger partial charge in [-0.05, 0) is 86.5 Å². The van der Waals surface area contributed by atoms with E-state index in [1.807, 2.05) is 0 Å². The van der Waals surface area contributed by atoms with E-state index < -0.39 is 41.6 Å². The van der Waals surface area contributed by atoms with Gasteiger partial charge in [0.25, 0.3) is 5.91 Å². The summed E-state index contributed by atoms with van der Waals surface area (Å²) in [4.78, 5) is 44.0. The number of allylic oxidation sites excluding steroid dienone is 2. The number of amides is 2. The molecule has 1 aliphatic heterocycles. The molecule has 0 bridgehead atoms. The van der Waals surface area contributed by atoms with E-state index in [1.165, 1.54) is 5.57 Å². The number of hydrogen-bond acceptors (Lipinski definition) is 7. The van der Waals surface area contributed by atoms with Crippen molar-refractivity contribution in [1.82, 2.24) is 10.2 Å². The highest BCUT2D eigenvalue weighted by atomic mass is 16.6. The molecule has 4 fully saturated rings. The Morgan fingerprint density at radius 1 is 1.16 bits per heavy atom. The van der Waals surface area contributed by atoms with Crippen LogP contribution in [0.4, 0.5) is 0 Å². The maximum Gasteiger partial charge on any atom is 0.326 e. The highest BCUT2D eigenvalue weighted by molar-refractivity contribution is 5.96. The van der Waals surface area contributed by atoms with Gasteiger partial charge >= 0.3 is 5.97 Å². The fourth-order valence-corrected chi connectivity index (χ4v) is 9.27. The van der Waals surface area contributed by atoms with Crippen LogP contribution in [0.5, 0.6) is 0 Å². The van der Waals surface area contributed by atoms with E-state index >= 15 is 0 Å². The van der Waals surface area contributed by atoms with Crippen LogP contribution in [0.15, 0.2) is 16.8 Å². The van der Waals surface area contributed by atoms with E-state index in [9.17, 15) is 29.7 Å². The van der Waals surface area contributed by atoms with Crippen molar-refractivity contribution < 1.29 is 34.5 Å². The van der Waals surface area contributed by atoms with Crippen molar-refractivity contribution in [3.63, 3.8) is 0 Å². The molecule has 0 unspecified atom stereocenters. The van der Waals surface area contributed by atoms with Gasteiger partial charge in [0, 0.05) is 18.4 Å². The normalized spacial score (nSPS) is 40.1. The molecule has 0 radical (unpaired) electrons. The monoisotopic (exact) mass is 597 g/mol. The summed E-state index contributed by atoms with van der Waals surface area (Å²) in [6, 6.07) is -2.07. The summed E-state index contributed by atoms with van der Waals surface area (Å²) < 4.78 is 0. The Hall–Kier alpha value is -2.90. The first kappa shape index (κ1) is 31.5. The van der Waals surface area contributed by atoms with Crippen molar-refractivity contribution >= 4 is 23.5 Å². The van der Waals surface area contributed by atoms with Crippen LogP contribution in [0.1, 0.15) is 85.5 Å². The van der Waals surface area contributed by atoms with Gasteiger partial charge < -0.3 is 30.4 Å². The van der Waals surface area contributed by atoms with Gasteiger partial charge in [0.15, 0.2) is 6.61 Å². The van der Waals surface area contributed by atoms with Crippen LogP contribution in [-0.4, -0.2) is 80.7 Å². The van der Waals surface area contributed by atoms with Gasteiger partial charge in [-0.25, -0.2) is 4.79 Å². The second kappa shape index (κ2) is 11.6. The summed E-state index contributed by atoms with van der Waals surface area (Å²) in [6.45, 7) is 7.66. The first-order chi connectivity index (χ1) is 20.2. The number of hydrogen-bond donors (Lipinski definition) is 4. The molecular weight excluding hydrogens is 550 g/mol. The zero-order valence-electron chi connectivity index (χ0n) is 25.8. The number of nitrogens with one attached hydrogen (secondary N) is 1. The average molecular weight is 598 g/mol. The van der Waals surface area contributed by atoms with E-state index in [4.69, 9.17) is 11.3 Å². The van der Waals surface area contributed by atoms with Gasteiger partial charge in [0.1, 0.15) is 17.7 Å². The number of β-amino-alcohol motifs (C(OH)–C–C–N with tert-alkyl or cyclic N) is 1. The minimum atomic E-state index is -1.18. The molecule has 0 aromatic carbocycles. The lowest BCUT2D eigenvalue weighted by Crippen LogP contribution is -2.54. The number of carboxylic acids is 1. The Morgan fingerprint density at radius 3 is 2.56 bits per heavy atom. The van der Waals surface area contributed by atoms with Crippen molar-refractivity contribution in [1.29, 1.82) is 0 Å². The van der Waals surface area contributed by atoms with E-state index in [1.54, 1.807) is 13.8 Å². The SMILES string of the molecule is C#C[C@@]1(O)CC[C@@H]2[C@@H]3CCC4=C/C(=N\OCC(=O)N[C@H](C(=O)N5C[C@H](O)C[C@H]5C(=O)O)C(C)C)CC[C@]4(C)[C@H]3CC[C@@]21C. The minimum Gasteiger partial charge on any atom is -0.480 e. The Bertz CT molecular complexity index is 1260. The summed E-state index contributed by atoms with van der Waals surface area (Å²) >= 11 is 0. The fraction of sp³-hybridized carbons (Fsp3) is 0.758. The highest BCUT2D eigenvalue weighted by Crippen LogP contribution is 2.67. The first-order valence-electron chi connectivity index (χ1n) is 15.8. The van der Waals surface area contributed by atoms with E-state index in [0.29, 0.717) is 24.2 Å². The second-order valence-corrected chi connectivity index (χ2v) is 14.4. The number of aliphatic hydroxyl groups excluding tert-OH is 1. The first-order valence-corrected chi connectivity index (χ1v) is 15.8. The van der Waals surface area contributed by atoms with Crippen LogP contribution in [0.3, 0.4) is 0 Å². The number of likely N-dealkylation sites (tertiary alicyclic amines) is 1. The van der Waals surface area contributed by atoms with Crippen molar-refractivity contribution in [2.24, 2.45) is 39.7 Å². The molecule has 1 saturated heterocycles. The van der Waals surface area contributed by atoms with Gasteiger partial charge in [-0.1, -0.05) is 44.3 Å². The predicted molar refractivity (Wildman–Crippen MR) is 159 cm³/mol. The Morgan fingerprint density at radius 2 is 1.88 bits per heavy atom. The van der Waals surface area contributed by atoms with Crippen molar-refractivity contribution in [3.8, 4) is 12.3 Å². The number of rotatable bonds is 7. The Labute approximate surface area is 254 Å². The zero-order valence-corrected chi connectivity index (χ0v) is 25.8. The topological polar surface area (TPSA) is 149 Å². The summed E-state index contributed by atoms with van der Waals surface area (Å²) in [5, 5.41) is 37.6. The molecule has 0 spiro atoms. The molecule has 9 atom stereocenters. The smallest absolute Gasteiger partial charge is 0.326 e. The maximum absolute atomic E-state index is 13.1. The molecule has 2 amide bonds. The van der Waals surface area contributed by atoms with Crippen LogP contribution in [0.25, 0.3) is 0 Å². The summed E-state index contributed by atoms with van der Waals surface area (Å²) in [5.41, 5.74) is 1.03. The van der Waals surface area contributed by atoms with Crippen LogP contribution in [0, 0.1) is 46.8 Å². The number of fused-ring (bicyclic) bond motifs is 5. The number of carboxylic acid groups (broad SMARTS) is 1. The molecular formula is C33H47N3O7. The Balaban J connectivity index is 1.19. The zero-order chi connectivity index (χ0) is 31.3. The number of terminal acetylenes is 1. The molecule has 3 saturated carbocycles. The maximum atomic E-state index is 13.1. The molecule has 0 aromatic rings. The molecule has 10 heteroatoms. The number of carbonyl (C=O) groups is 3. The number of oxime groups is 1. The molecule has 0 aromatic heterocycles. The molecule has 4 N–H and O–H groups in total. The van der Waals surface area contributed by atoms with Gasteiger partial charge in [-0.15, -0.1) is 6.42 Å². The van der Waals surface area contributed by atoms with Gasteiger partial charge in [0.05, 0.1) is 11.8 Å². The van der Waals surface area contributed by atoms with Gasteiger partial charge in [-0.3, -0.25) is 9.59 Å². The number of carbonyl (C=O) groups excluding carboxylic acids is 2. The van der Waals surface area contributed by atoms with Crippen LogP contribution in [-0.2, 0) is 19.2 Å². The molecule has 1 heterocycles. The van der Waals surface area contributed by atoms with E-state index in [2.05, 4.69) is 36.3 Å². The lowest BCUT2D eigenvalue weighted by atomic mass is 9.46. The van der Waals surface area contributed by atoms with Gasteiger partial charge in [-0.2, -0.15) is 0 Å². The number of nitrogens with zero attached hydrogens (tertiary/aromatic N) is 2. The van der Waals surface area contributed by atoms with Crippen molar-refractivity contribution in [3.05, 3.63) is 11.6 Å². The van der Waals surface area contributed by atoms with Gasteiger partial charge in [0.2, 0.25) is 5.91 Å². The molecule has 4 aliphatic carbocycles. The third-order valence-corrected chi connectivity index (χ3v) is 11.8. The van der Waals surface area contributed by atoms with Crippen molar-refractivity contribution in [2.75, 3.05) is 13.2 Å². The van der Waals surface area contributed by atoms with Crippen molar-refractivity contribution in [2.45, 2.75) is 109 Å². The molecule has 5 aliphatic rings. The summed E-state index contributed by atoms with van der Waals surface area (Å²) in [7, 11) is 0. The third kappa shape index (κ3) is 5.37. The average Bonchev–Trinajstić information content (AvgIpc) is 3.48. The van der Waals surface area contributed by atoms with Crippen LogP contribution in [0.2, 0.25) is 0 Å². The lowest BCUT2D eigenvalue weighted by Gasteiger charge is -2.58. The minimum absolute atomic E-state index is 0.0362. The number of aliphatic carboxylic acids is 1. The number of aliphatic hydroxyl groups is 2. The lowest BCUT2D eigenvalue weighted by molar-refractivity contribution is -0.150. The molecule has 10 nitrogen and oxygen atoms in total. The standard InChI is InChI=1S/C33H47N3O7/c1-6-33(42)14-11-25-23-8-7-20-15-21(9-12-31(20,4)24(23)10-13-32(25,33)5)35-43-18-27(38)34-28(19(2)3)29(39)36-17-22(37)16-26(36)30(40)41/h1,15,19,22-26,28,37,42H,7-14,16-18H2,2-5H3,(H,34,38)(H,40,41)/b35-21-/t22-,23-,24+,25-,26+,28+,31+,32+,33-/m1/s1. The van der Waals surface area contributed by atoms with Crippen LogP contribution >= 0.6 is 0 Å². The second-order valence-electron chi connectivity index (χ2n) is 14.4. The summed E-state index contributed by atoms with van der Waals surface area (Å²) in [5.74, 6) is 1.75. The fourth-order valence-electron chi connectivity index (χ4n) is 9.27. The highest BCUT2D eigenvalue weighted by Gasteiger charge is 2.63. The molecule has 43 heavy (non-hydrogen) atoms. The summed E-state index contributed by atoms with van der Waals surface area (Å²) in [6.07, 6.45) is 14.4. The van der Waals surface area contributed by atoms with E-state index in [0.717, 1.165) is 55.6 Å². The van der Waals surface area contributed by atoms with Crippen LogP contribution < -0.4 is 5.32 Å². The largest absolute Gasteiger partial charge is 0.480 e. The van der Waals surface area contributed by atoms with E-state index in [-0.39, 0.29) is 36.3 Å². The quantitative estimate of drug-likeness (QED) is 0.261. The molecule has 236 valence electrons.